The molecule has 4 nitrogen and oxygen atoms in total. The second-order valence-electron chi connectivity index (χ2n) is 6.91. The van der Waals surface area contributed by atoms with E-state index in [9.17, 15) is 40.9 Å². The number of hydrogen-bond donors (Lipinski definition) is 3. The molecule has 0 saturated carbocycles. The lowest BCUT2D eigenvalue weighted by Gasteiger charge is -2.30. The van der Waals surface area contributed by atoms with Crippen LogP contribution in [0.5, 0.6) is 0 Å². The Balaban J connectivity index is 2.79. The van der Waals surface area contributed by atoms with Gasteiger partial charge in [0.1, 0.15) is 5.69 Å². The standard InChI is InChI=1S/C18H17F7N2O2/c1-15(2,28)11-7-12(16(29,8-26)18(23,24)25)27-14(13(11)19)9-3-5-10(6-4-9)17(20,21)22/h3-7,28-29H,8,26H2,1-2H3. The molecule has 29 heavy (non-hydrogen) atoms. The number of aromatic nitrogens is 1. The molecule has 1 heterocycles. The fourth-order valence-electron chi connectivity index (χ4n) is 2.56. The van der Waals surface area contributed by atoms with Crippen LogP contribution < -0.4 is 5.73 Å². The lowest BCUT2D eigenvalue weighted by molar-refractivity contribution is -0.263. The predicted octanol–water partition coefficient (Wildman–Crippen LogP) is 3.84. The number of pyridine rings is 1. The van der Waals surface area contributed by atoms with Gasteiger partial charge >= 0.3 is 12.4 Å². The van der Waals surface area contributed by atoms with Gasteiger partial charge < -0.3 is 15.9 Å². The Kier molecular flexibility index (Phi) is 5.74. The van der Waals surface area contributed by atoms with Gasteiger partial charge in [0.25, 0.3) is 0 Å². The summed E-state index contributed by atoms with van der Waals surface area (Å²) in [4.78, 5) is 3.50. The molecule has 0 aliphatic rings. The van der Waals surface area contributed by atoms with Crippen LogP contribution in [0, 0.1) is 5.82 Å². The third-order valence-corrected chi connectivity index (χ3v) is 4.29. The monoisotopic (exact) mass is 426 g/mol. The number of aliphatic hydroxyl groups is 2. The first-order chi connectivity index (χ1) is 13.0. The van der Waals surface area contributed by atoms with Crippen molar-refractivity contribution in [3.05, 3.63) is 53.0 Å². The molecule has 0 bridgehead atoms. The molecule has 11 heteroatoms. The van der Waals surface area contributed by atoms with Crippen molar-refractivity contribution < 1.29 is 40.9 Å². The van der Waals surface area contributed by atoms with Crippen LogP contribution in [0.15, 0.2) is 30.3 Å². The first-order valence-corrected chi connectivity index (χ1v) is 8.13. The van der Waals surface area contributed by atoms with Gasteiger partial charge in [-0.05, 0) is 32.0 Å². The number of nitrogens with zero attached hydrogens (tertiary/aromatic N) is 1. The minimum atomic E-state index is -5.29. The van der Waals surface area contributed by atoms with Gasteiger partial charge in [-0.1, -0.05) is 12.1 Å². The highest BCUT2D eigenvalue weighted by molar-refractivity contribution is 5.62. The molecule has 0 amide bonds. The third kappa shape index (κ3) is 4.36. The minimum Gasteiger partial charge on any atom is -0.386 e. The van der Waals surface area contributed by atoms with E-state index >= 15 is 0 Å². The zero-order valence-electron chi connectivity index (χ0n) is 15.2. The molecule has 0 saturated heterocycles. The van der Waals surface area contributed by atoms with Crippen LogP contribution >= 0.6 is 0 Å². The smallest absolute Gasteiger partial charge is 0.386 e. The van der Waals surface area contributed by atoms with E-state index in [0.717, 1.165) is 26.0 Å². The van der Waals surface area contributed by atoms with Gasteiger partial charge in [0.15, 0.2) is 5.82 Å². The van der Waals surface area contributed by atoms with Crippen LogP contribution in [-0.4, -0.2) is 27.9 Å². The molecule has 1 unspecified atom stereocenters. The Bertz CT molecular complexity index is 887. The SMILES string of the molecule is CC(C)(O)c1cc(C(O)(CN)C(F)(F)F)nc(-c2ccc(C(F)(F)F)cc2)c1F. The van der Waals surface area contributed by atoms with E-state index in [4.69, 9.17) is 5.73 Å². The second-order valence-corrected chi connectivity index (χ2v) is 6.91. The Labute approximate surface area is 160 Å². The van der Waals surface area contributed by atoms with Gasteiger partial charge in [-0.15, -0.1) is 0 Å². The minimum absolute atomic E-state index is 0.288. The summed E-state index contributed by atoms with van der Waals surface area (Å²) in [6.45, 7) is 0.814. The number of rotatable bonds is 4. The summed E-state index contributed by atoms with van der Waals surface area (Å²) in [7, 11) is 0. The van der Waals surface area contributed by atoms with Crippen LogP contribution in [0.25, 0.3) is 11.3 Å². The quantitative estimate of drug-likeness (QED) is 0.650. The molecule has 0 aliphatic heterocycles. The van der Waals surface area contributed by atoms with Gasteiger partial charge in [-0.2, -0.15) is 26.3 Å². The number of nitrogens with two attached hydrogens (primary N) is 1. The topological polar surface area (TPSA) is 79.4 Å². The fourth-order valence-corrected chi connectivity index (χ4v) is 2.56. The normalized spacial score (nSPS) is 15.3. The van der Waals surface area contributed by atoms with E-state index in [1.807, 2.05) is 0 Å². The van der Waals surface area contributed by atoms with Crippen molar-refractivity contribution in [2.45, 2.75) is 37.4 Å². The molecule has 0 fully saturated rings. The van der Waals surface area contributed by atoms with Crippen LogP contribution in [0.2, 0.25) is 0 Å². The molecule has 2 aromatic rings. The molecule has 160 valence electrons. The maximum atomic E-state index is 14.9. The van der Waals surface area contributed by atoms with Crippen LogP contribution in [0.4, 0.5) is 30.7 Å². The summed E-state index contributed by atoms with van der Waals surface area (Å²) in [6, 6.07) is 3.38. The summed E-state index contributed by atoms with van der Waals surface area (Å²) in [5, 5.41) is 20.2. The van der Waals surface area contributed by atoms with Crippen molar-refractivity contribution in [1.82, 2.24) is 4.98 Å². The highest BCUT2D eigenvalue weighted by Gasteiger charge is 2.55. The largest absolute Gasteiger partial charge is 0.424 e. The van der Waals surface area contributed by atoms with Crippen molar-refractivity contribution in [1.29, 1.82) is 0 Å². The zero-order chi connectivity index (χ0) is 22.4. The number of hydrogen-bond acceptors (Lipinski definition) is 4. The Morgan fingerprint density at radius 3 is 1.86 bits per heavy atom. The molecule has 1 atom stereocenters. The Morgan fingerprint density at radius 1 is 0.966 bits per heavy atom. The van der Waals surface area contributed by atoms with Crippen molar-refractivity contribution in [2.24, 2.45) is 5.73 Å². The summed E-state index contributed by atoms with van der Waals surface area (Å²) in [5.41, 5.74) is -4.44. The average molecular weight is 426 g/mol. The van der Waals surface area contributed by atoms with E-state index in [1.165, 1.54) is 0 Å². The molecule has 0 radical (unpaired) electrons. The van der Waals surface area contributed by atoms with E-state index in [1.54, 1.807) is 0 Å². The Morgan fingerprint density at radius 2 is 1.48 bits per heavy atom. The molecule has 1 aromatic carbocycles. The van der Waals surface area contributed by atoms with E-state index in [-0.39, 0.29) is 5.56 Å². The molecular weight excluding hydrogens is 409 g/mol. The third-order valence-electron chi connectivity index (χ3n) is 4.29. The van der Waals surface area contributed by atoms with E-state index in [0.29, 0.717) is 18.2 Å². The van der Waals surface area contributed by atoms with Gasteiger partial charge in [0, 0.05) is 17.7 Å². The molecule has 2 rings (SSSR count). The van der Waals surface area contributed by atoms with Crippen molar-refractivity contribution >= 4 is 0 Å². The molecule has 0 aliphatic carbocycles. The van der Waals surface area contributed by atoms with Crippen molar-refractivity contribution in [2.75, 3.05) is 6.54 Å². The van der Waals surface area contributed by atoms with E-state index in [2.05, 4.69) is 4.98 Å². The molecule has 1 aromatic heterocycles. The summed E-state index contributed by atoms with van der Waals surface area (Å²) in [6.07, 6.45) is -9.97. The van der Waals surface area contributed by atoms with Gasteiger partial charge in [-0.25, -0.2) is 9.37 Å². The van der Waals surface area contributed by atoms with Gasteiger partial charge in [0.05, 0.1) is 16.9 Å². The summed E-state index contributed by atoms with van der Waals surface area (Å²) >= 11 is 0. The predicted molar refractivity (Wildman–Crippen MR) is 88.9 cm³/mol. The average Bonchev–Trinajstić information content (AvgIpc) is 2.58. The number of benzene rings is 1. The maximum Gasteiger partial charge on any atom is 0.424 e. The van der Waals surface area contributed by atoms with Crippen molar-refractivity contribution in [3.8, 4) is 11.3 Å². The summed E-state index contributed by atoms with van der Waals surface area (Å²) < 4.78 is 93.3. The van der Waals surface area contributed by atoms with Crippen LogP contribution in [-0.2, 0) is 17.4 Å². The van der Waals surface area contributed by atoms with Gasteiger partial charge in [-0.3, -0.25) is 0 Å². The van der Waals surface area contributed by atoms with Crippen LogP contribution in [0.1, 0.15) is 30.7 Å². The second kappa shape index (κ2) is 7.22. The lowest BCUT2D eigenvalue weighted by atomic mass is 9.90. The molecular formula is C18H17F7N2O2. The molecule has 0 spiro atoms. The number of halogens is 7. The fraction of sp³-hybridized carbons (Fsp3) is 0.389. The van der Waals surface area contributed by atoms with E-state index < -0.39 is 58.4 Å². The van der Waals surface area contributed by atoms with Crippen molar-refractivity contribution in [3.63, 3.8) is 0 Å². The maximum absolute atomic E-state index is 14.9. The Hall–Kier alpha value is -2.24. The van der Waals surface area contributed by atoms with Crippen LogP contribution in [0.3, 0.4) is 0 Å². The lowest BCUT2D eigenvalue weighted by Crippen LogP contribution is -2.49. The highest BCUT2D eigenvalue weighted by Crippen LogP contribution is 2.41. The number of alkyl halides is 6. The summed E-state index contributed by atoms with van der Waals surface area (Å²) in [5.74, 6) is -1.25. The van der Waals surface area contributed by atoms with Gasteiger partial charge in [0.2, 0.25) is 5.60 Å². The molecule has 4 N–H and O–H groups in total. The first-order valence-electron chi connectivity index (χ1n) is 8.13. The first kappa shape index (κ1) is 23.0. The highest BCUT2D eigenvalue weighted by atomic mass is 19.4. The zero-order valence-corrected chi connectivity index (χ0v) is 15.2.